The number of anilines is 1. The van der Waals surface area contributed by atoms with E-state index in [1.54, 1.807) is 13.0 Å². The van der Waals surface area contributed by atoms with Gasteiger partial charge in [0.05, 0.1) is 28.8 Å². The number of aryl methyl sites for hydroxylation is 1. The minimum atomic E-state index is -3.12. The van der Waals surface area contributed by atoms with E-state index in [4.69, 9.17) is 0 Å². The molecule has 2 heterocycles. The quantitative estimate of drug-likeness (QED) is 0.914. The van der Waals surface area contributed by atoms with Gasteiger partial charge in [-0.25, -0.2) is 21.9 Å². The normalized spacial score (nSPS) is 19.4. The summed E-state index contributed by atoms with van der Waals surface area (Å²) in [6.45, 7) is 1.70. The number of carbonyl (C=O) groups excluding carboxylic acids is 1. The van der Waals surface area contributed by atoms with Crippen LogP contribution in [0.5, 0.6) is 0 Å². The number of carbonyl (C=O) groups is 1. The van der Waals surface area contributed by atoms with E-state index in [2.05, 4.69) is 10.4 Å². The van der Waals surface area contributed by atoms with Crippen LogP contribution in [0.15, 0.2) is 24.3 Å². The molecule has 0 saturated carbocycles. The third-order valence-electron chi connectivity index (χ3n) is 3.83. The highest BCUT2D eigenvalue weighted by atomic mass is 32.2. The first-order chi connectivity index (χ1) is 11.2. The van der Waals surface area contributed by atoms with E-state index in [1.807, 2.05) is 0 Å². The van der Waals surface area contributed by atoms with Gasteiger partial charge in [-0.1, -0.05) is 0 Å². The molecule has 0 aliphatic carbocycles. The third-order valence-corrected chi connectivity index (χ3v) is 5.58. The maximum atomic E-state index is 13.7. The van der Waals surface area contributed by atoms with Crippen LogP contribution >= 0.6 is 0 Å². The summed E-state index contributed by atoms with van der Waals surface area (Å²) < 4.78 is 51.4. The van der Waals surface area contributed by atoms with Crippen molar-refractivity contribution in [2.45, 2.75) is 19.4 Å². The summed E-state index contributed by atoms with van der Waals surface area (Å²) in [5.74, 6) is -2.21. The van der Waals surface area contributed by atoms with Crippen LogP contribution in [0.1, 0.15) is 28.5 Å². The predicted molar refractivity (Wildman–Crippen MR) is 83.6 cm³/mol. The van der Waals surface area contributed by atoms with Crippen LogP contribution in [0, 0.1) is 18.6 Å². The second-order valence-corrected chi connectivity index (χ2v) is 7.98. The number of amides is 1. The number of aromatic nitrogens is 2. The molecule has 1 amide bonds. The van der Waals surface area contributed by atoms with Crippen molar-refractivity contribution in [1.82, 2.24) is 9.78 Å². The van der Waals surface area contributed by atoms with Crippen LogP contribution in [-0.2, 0) is 9.84 Å². The molecule has 3 rings (SSSR count). The summed E-state index contributed by atoms with van der Waals surface area (Å²) in [7, 11) is -3.12. The average Bonchev–Trinajstić information content (AvgIpc) is 3.01. The number of nitrogens with zero attached hydrogens (tertiary/aromatic N) is 2. The summed E-state index contributed by atoms with van der Waals surface area (Å²) in [4.78, 5) is 12.2. The zero-order valence-corrected chi connectivity index (χ0v) is 13.6. The smallest absolute Gasteiger partial charge is 0.259 e. The number of hydrogen-bond donors (Lipinski definition) is 1. The van der Waals surface area contributed by atoms with Crippen LogP contribution in [0.2, 0.25) is 0 Å². The Labute approximate surface area is 137 Å². The lowest BCUT2D eigenvalue weighted by molar-refractivity contribution is 0.102. The summed E-state index contributed by atoms with van der Waals surface area (Å²) >= 11 is 0. The number of halogens is 2. The van der Waals surface area contributed by atoms with Crippen molar-refractivity contribution < 1.29 is 22.0 Å². The average molecular weight is 355 g/mol. The number of rotatable bonds is 3. The molecule has 24 heavy (non-hydrogen) atoms. The number of nitrogens with one attached hydrogen (secondary N) is 1. The van der Waals surface area contributed by atoms with Gasteiger partial charge in [-0.2, -0.15) is 5.10 Å². The molecule has 6 nitrogen and oxygen atoms in total. The fraction of sp³-hybridized carbons (Fsp3) is 0.333. The van der Waals surface area contributed by atoms with Gasteiger partial charge in [-0.3, -0.25) is 4.79 Å². The minimum absolute atomic E-state index is 0.0537. The minimum Gasteiger partial charge on any atom is -0.307 e. The van der Waals surface area contributed by atoms with E-state index < -0.39 is 27.4 Å². The molecule has 1 aromatic heterocycles. The Kier molecular flexibility index (Phi) is 4.12. The molecule has 128 valence electrons. The van der Waals surface area contributed by atoms with Gasteiger partial charge in [0.15, 0.2) is 9.84 Å². The Morgan fingerprint density at radius 3 is 2.71 bits per heavy atom. The van der Waals surface area contributed by atoms with Crippen LogP contribution in [0.3, 0.4) is 0 Å². The Morgan fingerprint density at radius 2 is 2.08 bits per heavy atom. The van der Waals surface area contributed by atoms with E-state index in [-0.39, 0.29) is 28.9 Å². The molecule has 1 aliphatic rings. The molecular formula is C15H15F2N3O3S. The second kappa shape index (κ2) is 5.97. The van der Waals surface area contributed by atoms with E-state index >= 15 is 0 Å². The van der Waals surface area contributed by atoms with Gasteiger partial charge >= 0.3 is 0 Å². The van der Waals surface area contributed by atoms with Gasteiger partial charge in [0.25, 0.3) is 5.91 Å². The lowest BCUT2D eigenvalue weighted by atomic mass is 10.2. The van der Waals surface area contributed by atoms with Crippen molar-refractivity contribution >= 4 is 21.6 Å². The molecule has 1 N–H and O–H groups in total. The molecule has 1 aliphatic heterocycles. The number of benzene rings is 1. The van der Waals surface area contributed by atoms with Crippen molar-refractivity contribution in [1.29, 1.82) is 0 Å². The molecular weight excluding hydrogens is 340 g/mol. The molecule has 1 atom stereocenters. The van der Waals surface area contributed by atoms with E-state index in [1.165, 1.54) is 4.68 Å². The van der Waals surface area contributed by atoms with Gasteiger partial charge in [0.2, 0.25) is 0 Å². The zero-order valence-electron chi connectivity index (χ0n) is 12.8. The summed E-state index contributed by atoms with van der Waals surface area (Å²) in [6.07, 6.45) is 0.400. The summed E-state index contributed by atoms with van der Waals surface area (Å²) in [6, 6.07) is 3.86. The van der Waals surface area contributed by atoms with Crippen molar-refractivity contribution in [3.63, 3.8) is 0 Å². The van der Waals surface area contributed by atoms with Crippen LogP contribution < -0.4 is 5.32 Å². The van der Waals surface area contributed by atoms with Crippen molar-refractivity contribution in [2.75, 3.05) is 16.8 Å². The SMILES string of the molecule is Cc1cc(NC(=O)c2ccc(F)cc2F)n(C2CCS(=O)(=O)C2)n1. The Hall–Kier alpha value is -2.29. The summed E-state index contributed by atoms with van der Waals surface area (Å²) in [5.41, 5.74) is 0.287. The molecule has 0 radical (unpaired) electrons. The Balaban J connectivity index is 1.87. The largest absolute Gasteiger partial charge is 0.307 e. The monoisotopic (exact) mass is 355 g/mol. The van der Waals surface area contributed by atoms with Gasteiger partial charge in [0.1, 0.15) is 17.5 Å². The molecule has 1 fully saturated rings. The first-order valence-corrected chi connectivity index (χ1v) is 9.10. The highest BCUT2D eigenvalue weighted by Crippen LogP contribution is 2.27. The van der Waals surface area contributed by atoms with Crippen LogP contribution in [0.25, 0.3) is 0 Å². The van der Waals surface area contributed by atoms with E-state index in [0.29, 0.717) is 18.2 Å². The maximum Gasteiger partial charge on any atom is 0.259 e. The second-order valence-electron chi connectivity index (χ2n) is 5.75. The zero-order chi connectivity index (χ0) is 17.5. The fourth-order valence-corrected chi connectivity index (χ4v) is 4.41. The van der Waals surface area contributed by atoms with Crippen LogP contribution in [0.4, 0.5) is 14.6 Å². The highest BCUT2D eigenvalue weighted by Gasteiger charge is 2.31. The standard InChI is InChI=1S/C15H15F2N3O3S/c1-9-6-14(20(19-9)11-4-5-24(22,23)8-11)18-15(21)12-3-2-10(16)7-13(12)17/h2-3,6-7,11H,4-5,8H2,1H3,(H,18,21). The first kappa shape index (κ1) is 16.6. The van der Waals surface area contributed by atoms with Crippen molar-refractivity contribution in [3.05, 3.63) is 47.2 Å². The molecule has 0 bridgehead atoms. The molecule has 2 aromatic rings. The lowest BCUT2D eigenvalue weighted by Crippen LogP contribution is -2.20. The number of sulfone groups is 1. The molecule has 0 spiro atoms. The van der Waals surface area contributed by atoms with Crippen molar-refractivity contribution in [2.24, 2.45) is 0 Å². The molecule has 1 unspecified atom stereocenters. The van der Waals surface area contributed by atoms with Gasteiger partial charge in [-0.15, -0.1) is 0 Å². The third kappa shape index (κ3) is 3.30. The van der Waals surface area contributed by atoms with Gasteiger partial charge < -0.3 is 5.32 Å². The van der Waals surface area contributed by atoms with Crippen molar-refractivity contribution in [3.8, 4) is 0 Å². The molecule has 9 heteroatoms. The van der Waals surface area contributed by atoms with Gasteiger partial charge in [-0.05, 0) is 25.5 Å². The fourth-order valence-electron chi connectivity index (χ4n) is 2.71. The number of hydrogen-bond acceptors (Lipinski definition) is 4. The van der Waals surface area contributed by atoms with Crippen LogP contribution in [-0.4, -0.2) is 35.6 Å². The summed E-state index contributed by atoms with van der Waals surface area (Å²) in [5, 5.41) is 6.74. The predicted octanol–water partition coefficient (Wildman–Crippen LogP) is 2.08. The Bertz CT molecular complexity index is 909. The topological polar surface area (TPSA) is 81.1 Å². The first-order valence-electron chi connectivity index (χ1n) is 7.28. The molecule has 1 aromatic carbocycles. The Morgan fingerprint density at radius 1 is 1.33 bits per heavy atom. The van der Waals surface area contributed by atoms with Gasteiger partial charge in [0, 0.05) is 12.1 Å². The van der Waals surface area contributed by atoms with E-state index in [0.717, 1.165) is 12.1 Å². The highest BCUT2D eigenvalue weighted by molar-refractivity contribution is 7.91. The maximum absolute atomic E-state index is 13.7. The van der Waals surface area contributed by atoms with E-state index in [9.17, 15) is 22.0 Å². The molecule has 1 saturated heterocycles. The lowest BCUT2D eigenvalue weighted by Gasteiger charge is -2.14.